The van der Waals surface area contributed by atoms with Crippen molar-refractivity contribution in [3.05, 3.63) is 21.1 Å². The quantitative estimate of drug-likeness (QED) is 0.320. The molecule has 1 N–H and O–H groups in total. The number of carbonyl (C=O) groups excluding carboxylic acids is 3. The van der Waals surface area contributed by atoms with Crippen molar-refractivity contribution in [1.82, 2.24) is 9.55 Å². The number of nitrogens with one attached hydrogen (secondary N) is 1. The van der Waals surface area contributed by atoms with Crippen LogP contribution in [0.2, 0.25) is 15.1 Å². The number of imidazole rings is 1. The zero-order valence-corrected chi connectivity index (χ0v) is 20.7. The summed E-state index contributed by atoms with van der Waals surface area (Å²) in [5, 5.41) is 3.79. The van der Waals surface area contributed by atoms with Crippen LogP contribution in [0.1, 0.15) is 39.8 Å². The number of fused-ring (bicyclic) bond motifs is 1. The van der Waals surface area contributed by atoms with Crippen molar-refractivity contribution in [3.63, 3.8) is 0 Å². The Bertz CT molecular complexity index is 1150. The lowest BCUT2D eigenvalue weighted by Gasteiger charge is -2.25. The molecule has 1 aliphatic carbocycles. The molecule has 1 aromatic heterocycles. The second-order valence-electron chi connectivity index (χ2n) is 8.09. The van der Waals surface area contributed by atoms with E-state index in [2.05, 4.69) is 10.3 Å². The summed E-state index contributed by atoms with van der Waals surface area (Å²) in [6, 6.07) is 1.76. The van der Waals surface area contributed by atoms with Crippen molar-refractivity contribution in [2.24, 2.45) is 0 Å². The Morgan fingerprint density at radius 3 is 2.29 bits per heavy atom. The van der Waals surface area contributed by atoms with Crippen LogP contribution in [0, 0.1) is 0 Å². The first-order chi connectivity index (χ1) is 16.1. The first kappa shape index (κ1) is 24.8. The van der Waals surface area contributed by atoms with E-state index in [9.17, 15) is 14.4 Å². The standard InChI is InChI=1S/C21H22Cl3N3O7/c1-8(28)31-7-14-18(32-9(2)29)19(33-10(3)30)20(34-14)27-13-6-12(22)15(23)16(24)17(13)26-21(27)25-11-4-5-11/h6,11,14,18-20H,4-5,7H2,1-3H3,(H,25,26)/t14-,18-,19-,20-/m1/s1. The molecular formula is C21H22Cl3N3O7. The first-order valence-corrected chi connectivity index (χ1v) is 11.7. The summed E-state index contributed by atoms with van der Waals surface area (Å²) in [6.45, 7) is 3.46. The number of carbonyl (C=O) groups is 3. The number of aromatic nitrogens is 2. The minimum absolute atomic E-state index is 0.146. The highest BCUT2D eigenvalue weighted by Gasteiger charge is 2.51. The molecule has 1 aliphatic heterocycles. The van der Waals surface area contributed by atoms with E-state index in [4.69, 9.17) is 53.8 Å². The maximum absolute atomic E-state index is 12.0. The van der Waals surface area contributed by atoms with Crippen molar-refractivity contribution in [3.8, 4) is 0 Å². The van der Waals surface area contributed by atoms with Gasteiger partial charge in [0, 0.05) is 26.8 Å². The van der Waals surface area contributed by atoms with E-state index in [1.807, 2.05) is 0 Å². The molecule has 0 spiro atoms. The van der Waals surface area contributed by atoms with Crippen LogP contribution in [0.15, 0.2) is 6.07 Å². The average Bonchev–Trinajstić information content (AvgIpc) is 3.42. The Morgan fingerprint density at radius 1 is 1.06 bits per heavy atom. The summed E-state index contributed by atoms with van der Waals surface area (Å²) >= 11 is 19.0. The van der Waals surface area contributed by atoms with Crippen LogP contribution >= 0.6 is 34.8 Å². The number of hydrogen-bond acceptors (Lipinski definition) is 9. The molecule has 4 atom stereocenters. The van der Waals surface area contributed by atoms with Gasteiger partial charge in [-0.25, -0.2) is 4.98 Å². The Balaban J connectivity index is 1.85. The van der Waals surface area contributed by atoms with Gasteiger partial charge in [0.25, 0.3) is 0 Å². The summed E-state index contributed by atoms with van der Waals surface area (Å²) in [5.41, 5.74) is 0.816. The number of nitrogens with zero attached hydrogens (tertiary/aromatic N) is 2. The highest BCUT2D eigenvalue weighted by Crippen LogP contribution is 2.43. The van der Waals surface area contributed by atoms with Gasteiger partial charge in [0.1, 0.15) is 18.2 Å². The van der Waals surface area contributed by atoms with Crippen LogP contribution in [0.3, 0.4) is 0 Å². The van der Waals surface area contributed by atoms with Crippen LogP contribution < -0.4 is 5.32 Å². The fourth-order valence-corrected chi connectivity index (χ4v) is 4.44. The number of anilines is 1. The third kappa shape index (κ3) is 5.05. The minimum atomic E-state index is -1.09. The highest BCUT2D eigenvalue weighted by atomic mass is 35.5. The van der Waals surface area contributed by atoms with Crippen LogP contribution in [0.25, 0.3) is 11.0 Å². The maximum Gasteiger partial charge on any atom is 0.303 e. The molecule has 10 nitrogen and oxygen atoms in total. The smallest absolute Gasteiger partial charge is 0.303 e. The molecular weight excluding hydrogens is 513 g/mol. The molecule has 184 valence electrons. The molecule has 0 radical (unpaired) electrons. The summed E-state index contributed by atoms with van der Waals surface area (Å²) < 4.78 is 23.9. The molecule has 0 bridgehead atoms. The lowest BCUT2D eigenvalue weighted by atomic mass is 10.1. The zero-order valence-electron chi connectivity index (χ0n) is 18.5. The zero-order chi connectivity index (χ0) is 24.7. The molecule has 4 rings (SSSR count). The van der Waals surface area contributed by atoms with Gasteiger partial charge in [-0.2, -0.15) is 0 Å². The Kier molecular flexibility index (Phi) is 7.14. The van der Waals surface area contributed by atoms with Crippen LogP contribution in [-0.2, 0) is 33.3 Å². The van der Waals surface area contributed by atoms with Crippen LogP contribution in [0.5, 0.6) is 0 Å². The number of benzene rings is 1. The van der Waals surface area contributed by atoms with E-state index in [1.54, 1.807) is 10.6 Å². The van der Waals surface area contributed by atoms with Crippen LogP contribution in [0.4, 0.5) is 5.95 Å². The van der Waals surface area contributed by atoms with Gasteiger partial charge in [0.15, 0.2) is 18.4 Å². The number of hydrogen-bond donors (Lipinski definition) is 1. The molecule has 0 amide bonds. The molecule has 1 saturated heterocycles. The van der Waals surface area contributed by atoms with Gasteiger partial charge in [-0.3, -0.25) is 19.0 Å². The number of rotatable bonds is 7. The predicted octanol–water partition coefficient (Wildman–Crippen LogP) is 3.89. The summed E-state index contributed by atoms with van der Waals surface area (Å²) in [6.07, 6.45) is -2.20. The number of ether oxygens (including phenoxy) is 4. The van der Waals surface area contributed by atoms with Gasteiger partial charge in [0.05, 0.1) is 20.6 Å². The fourth-order valence-electron chi connectivity index (χ4n) is 3.81. The molecule has 2 aromatic rings. The molecule has 2 aliphatic rings. The summed E-state index contributed by atoms with van der Waals surface area (Å²) in [5.74, 6) is -1.40. The van der Waals surface area contributed by atoms with Crippen molar-refractivity contribution < 1.29 is 33.3 Å². The van der Waals surface area contributed by atoms with E-state index < -0.39 is 42.4 Å². The van der Waals surface area contributed by atoms with E-state index in [1.165, 1.54) is 20.8 Å². The third-order valence-electron chi connectivity index (χ3n) is 5.33. The molecule has 1 aromatic carbocycles. The topological polar surface area (TPSA) is 118 Å². The Morgan fingerprint density at radius 2 is 1.71 bits per heavy atom. The van der Waals surface area contributed by atoms with Crippen molar-refractivity contribution in [1.29, 1.82) is 0 Å². The Labute approximate surface area is 209 Å². The van der Waals surface area contributed by atoms with E-state index in [0.717, 1.165) is 12.8 Å². The molecule has 2 heterocycles. The van der Waals surface area contributed by atoms with Crippen molar-refractivity contribution in [2.45, 2.75) is 64.2 Å². The average molecular weight is 535 g/mol. The maximum atomic E-state index is 12.0. The summed E-state index contributed by atoms with van der Waals surface area (Å²) in [7, 11) is 0. The molecule has 0 unspecified atom stereocenters. The third-order valence-corrected chi connectivity index (χ3v) is 6.58. The van der Waals surface area contributed by atoms with Gasteiger partial charge in [0.2, 0.25) is 5.95 Å². The Hall–Kier alpha value is -2.27. The lowest BCUT2D eigenvalue weighted by molar-refractivity contribution is -0.166. The highest BCUT2D eigenvalue weighted by molar-refractivity contribution is 6.50. The van der Waals surface area contributed by atoms with Gasteiger partial charge >= 0.3 is 17.9 Å². The molecule has 1 saturated carbocycles. The second kappa shape index (κ2) is 9.77. The minimum Gasteiger partial charge on any atom is -0.463 e. The normalized spacial score (nSPS) is 24.2. The summed E-state index contributed by atoms with van der Waals surface area (Å²) in [4.78, 5) is 39.9. The van der Waals surface area contributed by atoms with Crippen LogP contribution in [-0.4, -0.2) is 58.4 Å². The lowest BCUT2D eigenvalue weighted by Crippen LogP contribution is -2.40. The second-order valence-corrected chi connectivity index (χ2v) is 9.26. The van der Waals surface area contributed by atoms with Gasteiger partial charge < -0.3 is 24.3 Å². The van der Waals surface area contributed by atoms with Crippen molar-refractivity contribution in [2.75, 3.05) is 11.9 Å². The SMILES string of the molecule is CC(=O)OC[C@H]1O[C@@H](n2c(NC3CC3)nc3c(Cl)c(Cl)c(Cl)cc32)[C@H](OC(C)=O)[C@@H]1OC(C)=O. The van der Waals surface area contributed by atoms with E-state index >= 15 is 0 Å². The fraction of sp³-hybridized carbons (Fsp3) is 0.524. The van der Waals surface area contributed by atoms with E-state index in [0.29, 0.717) is 17.0 Å². The van der Waals surface area contributed by atoms with Crippen molar-refractivity contribution >= 4 is 69.7 Å². The monoisotopic (exact) mass is 533 g/mol. The number of esters is 3. The van der Waals surface area contributed by atoms with Gasteiger partial charge in [-0.1, -0.05) is 34.8 Å². The molecule has 13 heteroatoms. The van der Waals surface area contributed by atoms with Gasteiger partial charge in [-0.15, -0.1) is 0 Å². The first-order valence-electron chi connectivity index (χ1n) is 10.5. The molecule has 2 fully saturated rings. The molecule has 34 heavy (non-hydrogen) atoms. The van der Waals surface area contributed by atoms with Gasteiger partial charge in [-0.05, 0) is 18.9 Å². The largest absolute Gasteiger partial charge is 0.463 e. The predicted molar refractivity (Wildman–Crippen MR) is 123 cm³/mol. The number of halogens is 3. The van der Waals surface area contributed by atoms with E-state index in [-0.39, 0.29) is 27.7 Å².